The Hall–Kier alpha value is -2.04. The van der Waals surface area contributed by atoms with Gasteiger partial charge in [-0.15, -0.1) is 0 Å². The van der Waals surface area contributed by atoms with Gasteiger partial charge in [-0.2, -0.15) is 0 Å². The van der Waals surface area contributed by atoms with Crippen LogP contribution in [0, 0.1) is 5.92 Å². The largest absolute Gasteiger partial charge is 0.497 e. The standard InChI is InChI=1S/C22H33N3O2/c1-6-9-16-12-21(26)24(14-16)15(4)25-20-13-18(27-5)10-11-19(20)23-22(25)17(7-2)8-3/h10-11,13,15-17H,6-9,12,14H2,1-5H3. The summed E-state index contributed by atoms with van der Waals surface area (Å²) in [6, 6.07) is 6.03. The number of nitrogens with zero attached hydrogens (tertiary/aromatic N) is 3. The Morgan fingerprint density at radius 3 is 2.63 bits per heavy atom. The van der Waals surface area contributed by atoms with Gasteiger partial charge in [0, 0.05) is 24.9 Å². The SMILES string of the molecule is CCCC1CC(=O)N(C(C)n2c(C(CC)CC)nc3ccc(OC)cc32)C1. The van der Waals surface area contributed by atoms with Gasteiger partial charge in [0.2, 0.25) is 5.91 Å². The van der Waals surface area contributed by atoms with Gasteiger partial charge in [0.15, 0.2) is 0 Å². The van der Waals surface area contributed by atoms with E-state index in [-0.39, 0.29) is 12.1 Å². The number of hydrogen-bond acceptors (Lipinski definition) is 3. The zero-order valence-electron chi connectivity index (χ0n) is 17.4. The molecule has 1 aromatic carbocycles. The van der Waals surface area contributed by atoms with E-state index in [9.17, 15) is 4.79 Å². The van der Waals surface area contributed by atoms with Crippen molar-refractivity contribution in [2.75, 3.05) is 13.7 Å². The van der Waals surface area contributed by atoms with E-state index < -0.39 is 0 Å². The van der Waals surface area contributed by atoms with Gasteiger partial charge in [-0.25, -0.2) is 4.98 Å². The van der Waals surface area contributed by atoms with Crippen molar-refractivity contribution >= 4 is 16.9 Å². The van der Waals surface area contributed by atoms with Gasteiger partial charge in [-0.05, 0) is 44.2 Å². The first kappa shape index (κ1) is 19.7. The number of carbonyl (C=O) groups excluding carboxylic acids is 1. The van der Waals surface area contributed by atoms with Gasteiger partial charge in [-0.3, -0.25) is 4.79 Å². The molecule has 0 spiro atoms. The Morgan fingerprint density at radius 1 is 1.26 bits per heavy atom. The first-order valence-electron chi connectivity index (χ1n) is 10.4. The molecule has 5 nitrogen and oxygen atoms in total. The average molecular weight is 372 g/mol. The normalized spacial score (nSPS) is 18.7. The Morgan fingerprint density at radius 2 is 2.00 bits per heavy atom. The second kappa shape index (κ2) is 8.32. The van der Waals surface area contributed by atoms with Crippen LogP contribution in [0.2, 0.25) is 0 Å². The molecule has 27 heavy (non-hydrogen) atoms. The maximum atomic E-state index is 12.7. The zero-order valence-corrected chi connectivity index (χ0v) is 17.4. The van der Waals surface area contributed by atoms with E-state index in [0.717, 1.165) is 54.8 Å². The molecule has 1 fully saturated rings. The van der Waals surface area contributed by atoms with Crippen molar-refractivity contribution in [2.24, 2.45) is 5.92 Å². The van der Waals surface area contributed by atoms with Crippen LogP contribution in [0.4, 0.5) is 0 Å². The van der Waals surface area contributed by atoms with Gasteiger partial charge in [0.05, 0.1) is 18.1 Å². The fraction of sp³-hybridized carbons (Fsp3) is 0.636. The van der Waals surface area contributed by atoms with Crippen LogP contribution in [0.25, 0.3) is 11.0 Å². The van der Waals surface area contributed by atoms with Crippen LogP contribution in [0.3, 0.4) is 0 Å². The summed E-state index contributed by atoms with van der Waals surface area (Å²) in [5.74, 6) is 3.04. The van der Waals surface area contributed by atoms with Crippen LogP contribution >= 0.6 is 0 Å². The van der Waals surface area contributed by atoms with Crippen molar-refractivity contribution in [1.82, 2.24) is 14.5 Å². The molecule has 5 heteroatoms. The highest BCUT2D eigenvalue weighted by Crippen LogP contribution is 2.35. The van der Waals surface area contributed by atoms with E-state index in [2.05, 4.69) is 38.3 Å². The highest BCUT2D eigenvalue weighted by atomic mass is 16.5. The van der Waals surface area contributed by atoms with Crippen molar-refractivity contribution < 1.29 is 9.53 Å². The summed E-state index contributed by atoms with van der Waals surface area (Å²) >= 11 is 0. The number of ether oxygens (including phenoxy) is 1. The van der Waals surface area contributed by atoms with Gasteiger partial charge in [0.25, 0.3) is 0 Å². The van der Waals surface area contributed by atoms with Gasteiger partial charge < -0.3 is 14.2 Å². The number of imidazole rings is 1. The quantitative estimate of drug-likeness (QED) is 0.647. The van der Waals surface area contributed by atoms with E-state index in [1.807, 2.05) is 17.0 Å². The Labute approximate surface area is 162 Å². The number of amides is 1. The predicted molar refractivity (Wildman–Crippen MR) is 109 cm³/mol. The van der Waals surface area contributed by atoms with Crippen LogP contribution in [0.15, 0.2) is 18.2 Å². The minimum Gasteiger partial charge on any atom is -0.497 e. The number of rotatable bonds is 8. The van der Waals surface area contributed by atoms with Gasteiger partial charge in [-0.1, -0.05) is 27.2 Å². The number of benzene rings is 1. The molecular formula is C22H33N3O2. The highest BCUT2D eigenvalue weighted by Gasteiger charge is 2.34. The molecule has 2 unspecified atom stereocenters. The number of aromatic nitrogens is 2. The predicted octanol–water partition coefficient (Wildman–Crippen LogP) is 5.12. The van der Waals surface area contributed by atoms with Crippen molar-refractivity contribution in [3.05, 3.63) is 24.0 Å². The molecule has 3 rings (SSSR count). The number of hydrogen-bond donors (Lipinski definition) is 0. The van der Waals surface area contributed by atoms with E-state index in [4.69, 9.17) is 9.72 Å². The van der Waals surface area contributed by atoms with Crippen molar-refractivity contribution in [2.45, 2.75) is 71.9 Å². The monoisotopic (exact) mass is 371 g/mol. The zero-order chi connectivity index (χ0) is 19.6. The molecule has 1 saturated heterocycles. The molecule has 148 valence electrons. The molecule has 0 radical (unpaired) electrons. The van der Waals surface area contributed by atoms with Crippen LogP contribution in [-0.4, -0.2) is 34.0 Å². The summed E-state index contributed by atoms with van der Waals surface area (Å²) in [7, 11) is 1.69. The lowest BCUT2D eigenvalue weighted by Gasteiger charge is -2.29. The average Bonchev–Trinajstić information content (AvgIpc) is 3.22. The van der Waals surface area contributed by atoms with Crippen LogP contribution < -0.4 is 4.74 Å². The molecule has 0 saturated carbocycles. The van der Waals surface area contributed by atoms with Crippen molar-refractivity contribution in [3.63, 3.8) is 0 Å². The first-order chi connectivity index (χ1) is 13.0. The third-order valence-electron chi connectivity index (χ3n) is 6.03. The van der Waals surface area contributed by atoms with Gasteiger partial charge in [0.1, 0.15) is 17.7 Å². The number of fused-ring (bicyclic) bond motifs is 1. The van der Waals surface area contributed by atoms with Crippen LogP contribution in [0.1, 0.15) is 77.7 Å². The van der Waals surface area contributed by atoms with E-state index in [1.165, 1.54) is 0 Å². The lowest BCUT2D eigenvalue weighted by atomic mass is 10.0. The fourth-order valence-electron chi connectivity index (χ4n) is 4.46. The molecule has 2 aromatic rings. The maximum absolute atomic E-state index is 12.7. The molecule has 1 aliphatic heterocycles. The van der Waals surface area contributed by atoms with Crippen molar-refractivity contribution in [1.29, 1.82) is 0 Å². The van der Waals surface area contributed by atoms with Crippen LogP contribution in [0.5, 0.6) is 5.75 Å². The fourth-order valence-corrected chi connectivity index (χ4v) is 4.46. The third-order valence-corrected chi connectivity index (χ3v) is 6.03. The van der Waals surface area contributed by atoms with E-state index >= 15 is 0 Å². The summed E-state index contributed by atoms with van der Waals surface area (Å²) in [5.41, 5.74) is 2.02. The van der Waals surface area contributed by atoms with Gasteiger partial charge >= 0.3 is 0 Å². The first-order valence-corrected chi connectivity index (χ1v) is 10.4. The molecule has 0 N–H and O–H groups in total. The summed E-state index contributed by atoms with van der Waals surface area (Å²) in [4.78, 5) is 19.8. The Bertz CT molecular complexity index is 794. The molecular weight excluding hydrogens is 338 g/mol. The topological polar surface area (TPSA) is 47.4 Å². The molecule has 1 aliphatic rings. The van der Waals surface area contributed by atoms with E-state index in [1.54, 1.807) is 7.11 Å². The molecule has 1 amide bonds. The molecule has 0 bridgehead atoms. The van der Waals surface area contributed by atoms with Crippen molar-refractivity contribution in [3.8, 4) is 5.75 Å². The third kappa shape index (κ3) is 3.69. The number of likely N-dealkylation sites (tertiary alicyclic amines) is 1. The lowest BCUT2D eigenvalue weighted by molar-refractivity contribution is -0.130. The van der Waals surface area contributed by atoms with Crippen LogP contribution in [-0.2, 0) is 4.79 Å². The minimum atomic E-state index is -0.0351. The smallest absolute Gasteiger partial charge is 0.224 e. The number of carbonyl (C=O) groups is 1. The summed E-state index contributed by atoms with van der Waals surface area (Å²) in [5, 5.41) is 0. The summed E-state index contributed by atoms with van der Waals surface area (Å²) in [6.45, 7) is 9.60. The summed E-state index contributed by atoms with van der Waals surface area (Å²) < 4.78 is 7.73. The Kier molecular flexibility index (Phi) is 6.08. The number of methoxy groups -OCH3 is 1. The summed E-state index contributed by atoms with van der Waals surface area (Å²) in [6.07, 6.45) is 4.96. The molecule has 0 aliphatic carbocycles. The second-order valence-corrected chi connectivity index (χ2v) is 7.74. The van der Waals surface area contributed by atoms with E-state index in [0.29, 0.717) is 18.3 Å². The molecule has 2 atom stereocenters. The highest BCUT2D eigenvalue weighted by molar-refractivity contribution is 5.80. The molecule has 2 heterocycles. The molecule has 1 aromatic heterocycles. The maximum Gasteiger partial charge on any atom is 0.224 e. The minimum absolute atomic E-state index is 0.0351. The lowest BCUT2D eigenvalue weighted by Crippen LogP contribution is -2.33. The Balaban J connectivity index is 2.07. The second-order valence-electron chi connectivity index (χ2n) is 7.74.